The molecule has 1 unspecified atom stereocenters. The molecule has 1 aromatic rings. The van der Waals surface area contributed by atoms with Gasteiger partial charge in [0.15, 0.2) is 0 Å². The minimum absolute atomic E-state index is 0.0274. The van der Waals surface area contributed by atoms with Crippen molar-refractivity contribution >= 4 is 17.6 Å². The molecule has 7 heteroatoms. The van der Waals surface area contributed by atoms with Gasteiger partial charge in [0.1, 0.15) is 0 Å². The maximum atomic E-state index is 12.6. The van der Waals surface area contributed by atoms with Crippen LogP contribution in [0, 0.1) is 5.92 Å². The monoisotopic (exact) mass is 450 g/mol. The highest BCUT2D eigenvalue weighted by molar-refractivity contribution is 6.30. The van der Waals surface area contributed by atoms with E-state index in [1.165, 1.54) is 5.56 Å². The van der Waals surface area contributed by atoms with Crippen LogP contribution in [0.15, 0.2) is 24.3 Å². The minimum atomic E-state index is -0.0274. The molecule has 0 saturated carbocycles. The molecule has 0 radical (unpaired) electrons. The first-order valence-electron chi connectivity index (χ1n) is 11.9. The van der Waals surface area contributed by atoms with Crippen LogP contribution in [0.4, 0.5) is 4.79 Å². The molecule has 31 heavy (non-hydrogen) atoms. The summed E-state index contributed by atoms with van der Waals surface area (Å²) in [6.45, 7) is 11.6. The van der Waals surface area contributed by atoms with Gasteiger partial charge in [0.25, 0.3) is 0 Å². The molecule has 2 aliphatic rings. The quantitative estimate of drug-likeness (QED) is 0.601. The third-order valence-corrected chi connectivity index (χ3v) is 7.07. The van der Waals surface area contributed by atoms with Gasteiger partial charge in [0.2, 0.25) is 0 Å². The fraction of sp³-hybridized carbons (Fsp3) is 0.708. The van der Waals surface area contributed by atoms with Gasteiger partial charge >= 0.3 is 6.03 Å². The molecule has 2 aliphatic heterocycles. The smallest absolute Gasteiger partial charge is 0.315 e. The molecule has 2 heterocycles. The molecule has 0 bridgehead atoms. The molecule has 2 amide bonds. The Labute approximate surface area is 192 Å². The minimum Gasteiger partial charge on any atom is -0.379 e. The van der Waals surface area contributed by atoms with E-state index in [0.29, 0.717) is 18.5 Å². The lowest BCUT2D eigenvalue weighted by molar-refractivity contribution is 0.00234. The van der Waals surface area contributed by atoms with E-state index in [9.17, 15) is 4.79 Å². The van der Waals surface area contributed by atoms with Crippen LogP contribution in [0.25, 0.3) is 0 Å². The Bertz CT molecular complexity index is 654. The maximum Gasteiger partial charge on any atom is 0.315 e. The summed E-state index contributed by atoms with van der Waals surface area (Å²) in [5.74, 6) is 0.592. The summed E-state index contributed by atoms with van der Waals surface area (Å²) in [7, 11) is 0. The first-order chi connectivity index (χ1) is 15.1. The SMILES string of the molecule is CCC(CC)C(CNC(=O)NC1CCN(Cc2ccc(Cl)cc2)CC1)N1CCOCC1. The Hall–Kier alpha value is -1.34. The molecule has 3 rings (SSSR count). The third kappa shape index (κ3) is 7.63. The zero-order valence-electron chi connectivity index (χ0n) is 19.1. The van der Waals surface area contributed by atoms with E-state index in [0.717, 1.165) is 76.6 Å². The Morgan fingerprint density at radius 2 is 1.74 bits per heavy atom. The van der Waals surface area contributed by atoms with Gasteiger partial charge in [0, 0.05) is 56.4 Å². The van der Waals surface area contributed by atoms with Crippen molar-refractivity contribution in [2.45, 2.75) is 58.2 Å². The number of morpholine rings is 1. The molecular weight excluding hydrogens is 412 g/mol. The number of carbonyl (C=O) groups excluding carboxylic acids is 1. The van der Waals surface area contributed by atoms with E-state index in [1.54, 1.807) is 0 Å². The van der Waals surface area contributed by atoms with Crippen LogP contribution in [-0.4, -0.2) is 73.9 Å². The second kappa shape index (κ2) is 12.6. The normalized spacial score (nSPS) is 20.0. The second-order valence-corrected chi connectivity index (χ2v) is 9.26. The van der Waals surface area contributed by atoms with E-state index in [4.69, 9.17) is 16.3 Å². The lowest BCUT2D eigenvalue weighted by Gasteiger charge is -2.39. The number of amides is 2. The van der Waals surface area contributed by atoms with Crippen molar-refractivity contribution in [2.75, 3.05) is 45.9 Å². The van der Waals surface area contributed by atoms with Crippen LogP contribution >= 0.6 is 11.6 Å². The van der Waals surface area contributed by atoms with Crippen molar-refractivity contribution in [3.05, 3.63) is 34.9 Å². The molecule has 174 valence electrons. The number of carbonyl (C=O) groups is 1. The molecule has 2 fully saturated rings. The number of piperidine rings is 1. The number of likely N-dealkylation sites (tertiary alicyclic amines) is 1. The van der Waals surface area contributed by atoms with E-state index < -0.39 is 0 Å². The average molecular weight is 451 g/mol. The van der Waals surface area contributed by atoms with Gasteiger partial charge in [-0.1, -0.05) is 50.4 Å². The van der Waals surface area contributed by atoms with E-state index in [-0.39, 0.29) is 12.1 Å². The first-order valence-corrected chi connectivity index (χ1v) is 12.3. The number of hydrogen-bond acceptors (Lipinski definition) is 4. The van der Waals surface area contributed by atoms with E-state index in [2.05, 4.69) is 46.4 Å². The van der Waals surface area contributed by atoms with E-state index >= 15 is 0 Å². The summed E-state index contributed by atoms with van der Waals surface area (Å²) in [6.07, 6.45) is 4.24. The van der Waals surface area contributed by atoms with Crippen LogP contribution in [0.5, 0.6) is 0 Å². The molecule has 0 aliphatic carbocycles. The highest BCUT2D eigenvalue weighted by atomic mass is 35.5. The van der Waals surface area contributed by atoms with Crippen molar-refractivity contribution in [3.8, 4) is 0 Å². The summed E-state index contributed by atoms with van der Waals surface area (Å²) < 4.78 is 5.52. The molecule has 1 aromatic carbocycles. The predicted molar refractivity (Wildman–Crippen MR) is 127 cm³/mol. The number of urea groups is 1. The third-order valence-electron chi connectivity index (χ3n) is 6.82. The summed E-state index contributed by atoms with van der Waals surface area (Å²) in [4.78, 5) is 17.6. The number of halogens is 1. The van der Waals surface area contributed by atoms with Crippen LogP contribution in [0.3, 0.4) is 0 Å². The van der Waals surface area contributed by atoms with Crippen molar-refractivity contribution in [2.24, 2.45) is 5.92 Å². The fourth-order valence-electron chi connectivity index (χ4n) is 4.85. The van der Waals surface area contributed by atoms with Gasteiger partial charge in [-0.3, -0.25) is 9.80 Å². The zero-order valence-corrected chi connectivity index (χ0v) is 19.9. The van der Waals surface area contributed by atoms with Crippen molar-refractivity contribution in [1.29, 1.82) is 0 Å². The highest BCUT2D eigenvalue weighted by Crippen LogP contribution is 2.20. The number of nitrogens with one attached hydrogen (secondary N) is 2. The Balaban J connectivity index is 1.41. The fourth-order valence-corrected chi connectivity index (χ4v) is 4.98. The molecule has 1 atom stereocenters. The van der Waals surface area contributed by atoms with Crippen LogP contribution in [0.1, 0.15) is 45.1 Å². The van der Waals surface area contributed by atoms with Gasteiger partial charge < -0.3 is 15.4 Å². The van der Waals surface area contributed by atoms with Crippen LogP contribution < -0.4 is 10.6 Å². The predicted octanol–water partition coefficient (Wildman–Crippen LogP) is 3.74. The van der Waals surface area contributed by atoms with Crippen molar-refractivity contribution < 1.29 is 9.53 Å². The lowest BCUT2D eigenvalue weighted by atomic mass is 9.92. The highest BCUT2D eigenvalue weighted by Gasteiger charge is 2.28. The molecule has 2 saturated heterocycles. The maximum absolute atomic E-state index is 12.6. The van der Waals surface area contributed by atoms with Crippen LogP contribution in [0.2, 0.25) is 5.02 Å². The van der Waals surface area contributed by atoms with Crippen molar-refractivity contribution in [3.63, 3.8) is 0 Å². The zero-order chi connectivity index (χ0) is 22.1. The van der Waals surface area contributed by atoms with Gasteiger partial charge in [-0.2, -0.15) is 0 Å². The molecule has 6 nitrogen and oxygen atoms in total. The standard InChI is InChI=1S/C24H39ClN4O2/c1-3-20(4-2)23(29-13-15-31-16-14-29)17-26-24(30)27-22-9-11-28(12-10-22)18-19-5-7-21(25)8-6-19/h5-8,20,22-23H,3-4,9-18H2,1-2H3,(H2,26,27,30). The molecule has 0 spiro atoms. The Morgan fingerprint density at radius 3 is 2.35 bits per heavy atom. The number of ether oxygens (including phenoxy) is 1. The first kappa shape index (κ1) is 24.3. The summed E-state index contributed by atoms with van der Waals surface area (Å²) in [5.41, 5.74) is 1.28. The summed E-state index contributed by atoms with van der Waals surface area (Å²) in [6, 6.07) is 8.67. The van der Waals surface area contributed by atoms with Gasteiger partial charge in [-0.25, -0.2) is 4.79 Å². The molecule has 0 aromatic heterocycles. The number of benzene rings is 1. The number of hydrogen-bond donors (Lipinski definition) is 2. The lowest BCUT2D eigenvalue weighted by Crippen LogP contribution is -2.54. The number of nitrogens with zero attached hydrogens (tertiary/aromatic N) is 2. The van der Waals surface area contributed by atoms with Crippen LogP contribution in [-0.2, 0) is 11.3 Å². The number of rotatable bonds is 9. The largest absolute Gasteiger partial charge is 0.379 e. The Kier molecular flexibility index (Phi) is 9.91. The average Bonchev–Trinajstić information content (AvgIpc) is 2.80. The molecule has 2 N–H and O–H groups in total. The van der Waals surface area contributed by atoms with Crippen molar-refractivity contribution in [1.82, 2.24) is 20.4 Å². The second-order valence-electron chi connectivity index (χ2n) is 8.82. The molecular formula is C24H39ClN4O2. The Morgan fingerprint density at radius 1 is 1.10 bits per heavy atom. The topological polar surface area (TPSA) is 56.8 Å². The van der Waals surface area contributed by atoms with Gasteiger partial charge in [-0.05, 0) is 36.5 Å². The summed E-state index contributed by atoms with van der Waals surface area (Å²) in [5, 5.41) is 7.16. The summed E-state index contributed by atoms with van der Waals surface area (Å²) >= 11 is 5.98. The van der Waals surface area contributed by atoms with Gasteiger partial charge in [0.05, 0.1) is 13.2 Å². The van der Waals surface area contributed by atoms with Gasteiger partial charge in [-0.15, -0.1) is 0 Å². The van der Waals surface area contributed by atoms with E-state index in [1.807, 2.05) is 12.1 Å².